The molecule has 100 valence electrons. The summed E-state index contributed by atoms with van der Waals surface area (Å²) in [5.74, 6) is 0. The monoisotopic (exact) mass is 294 g/mol. The van der Waals surface area contributed by atoms with E-state index in [2.05, 4.69) is 11.8 Å². The third-order valence-corrected chi connectivity index (χ3v) is 3.87. The van der Waals surface area contributed by atoms with Gasteiger partial charge in [-0.3, -0.25) is 0 Å². The highest BCUT2D eigenvalue weighted by atomic mass is 35.5. The normalized spacial score (nSPS) is 10.5. The summed E-state index contributed by atoms with van der Waals surface area (Å²) in [5, 5.41) is 1.20. The van der Waals surface area contributed by atoms with Crippen molar-refractivity contribution in [1.82, 2.24) is 0 Å². The second-order valence-corrected chi connectivity index (χ2v) is 5.11. The van der Waals surface area contributed by atoms with Gasteiger partial charge in [0.15, 0.2) is 0 Å². The maximum absolute atomic E-state index is 6.23. The maximum Gasteiger partial charge on any atom is 0.0642 e. The van der Waals surface area contributed by atoms with Crippen molar-refractivity contribution < 1.29 is 0 Å². The highest BCUT2D eigenvalue weighted by molar-refractivity contribution is 6.42. The fraction of sp³-hybridized carbons (Fsp3) is 0.200. The van der Waals surface area contributed by atoms with Crippen LogP contribution in [0.5, 0.6) is 0 Å². The van der Waals surface area contributed by atoms with E-state index in [0.29, 0.717) is 16.6 Å². The first-order valence-corrected chi connectivity index (χ1v) is 6.90. The summed E-state index contributed by atoms with van der Waals surface area (Å²) in [7, 11) is 0. The first kappa shape index (κ1) is 14.0. The molecule has 2 nitrogen and oxygen atoms in total. The number of halogens is 2. The molecule has 0 fully saturated rings. The Morgan fingerprint density at radius 3 is 2.53 bits per heavy atom. The summed E-state index contributed by atoms with van der Waals surface area (Å²) < 4.78 is 0. The zero-order chi connectivity index (χ0) is 13.8. The lowest BCUT2D eigenvalue weighted by Crippen LogP contribution is -2.22. The highest BCUT2D eigenvalue weighted by Gasteiger charge is 2.10. The second-order valence-electron chi connectivity index (χ2n) is 4.32. The highest BCUT2D eigenvalue weighted by Crippen LogP contribution is 2.28. The molecule has 0 radical (unpaired) electrons. The van der Waals surface area contributed by atoms with Gasteiger partial charge in [0.1, 0.15) is 0 Å². The van der Waals surface area contributed by atoms with Crippen LogP contribution in [0.4, 0.5) is 11.4 Å². The van der Waals surface area contributed by atoms with Gasteiger partial charge in [-0.05, 0) is 36.8 Å². The number of anilines is 2. The van der Waals surface area contributed by atoms with Gasteiger partial charge in [-0.15, -0.1) is 0 Å². The molecular formula is C15H16Cl2N2. The molecule has 0 saturated heterocycles. The van der Waals surface area contributed by atoms with E-state index >= 15 is 0 Å². The first-order valence-electron chi connectivity index (χ1n) is 6.15. The van der Waals surface area contributed by atoms with Crippen LogP contribution in [0, 0.1) is 0 Å². The Balaban J connectivity index is 2.26. The van der Waals surface area contributed by atoms with Crippen LogP contribution in [0.15, 0.2) is 42.5 Å². The zero-order valence-corrected chi connectivity index (χ0v) is 12.2. The second kappa shape index (κ2) is 6.18. The quantitative estimate of drug-likeness (QED) is 0.835. The van der Waals surface area contributed by atoms with E-state index in [1.165, 1.54) is 0 Å². The average Bonchev–Trinajstić information content (AvgIpc) is 2.40. The van der Waals surface area contributed by atoms with E-state index in [4.69, 9.17) is 28.9 Å². The van der Waals surface area contributed by atoms with Gasteiger partial charge in [0.2, 0.25) is 0 Å². The van der Waals surface area contributed by atoms with Gasteiger partial charge in [-0.2, -0.15) is 0 Å². The van der Waals surface area contributed by atoms with Crippen molar-refractivity contribution in [2.24, 2.45) is 0 Å². The summed E-state index contributed by atoms with van der Waals surface area (Å²) in [5.41, 5.74) is 8.68. The minimum Gasteiger partial charge on any atom is -0.399 e. The molecule has 0 bridgehead atoms. The summed E-state index contributed by atoms with van der Waals surface area (Å²) in [4.78, 5) is 2.20. The molecule has 0 saturated carbocycles. The molecule has 0 aliphatic carbocycles. The number of nitrogens with two attached hydrogens (primary N) is 1. The Bertz CT molecular complexity index is 570. The number of hydrogen-bond donors (Lipinski definition) is 1. The largest absolute Gasteiger partial charge is 0.399 e. The molecule has 0 aliphatic heterocycles. The standard InChI is InChI=1S/C15H16Cl2N2/c1-2-19(13-7-4-6-12(18)9-13)10-11-5-3-8-14(16)15(11)17/h3-9H,2,10,18H2,1H3. The van der Waals surface area contributed by atoms with Crippen molar-refractivity contribution in [2.75, 3.05) is 17.2 Å². The van der Waals surface area contributed by atoms with Gasteiger partial charge in [-0.1, -0.05) is 41.4 Å². The van der Waals surface area contributed by atoms with E-state index in [9.17, 15) is 0 Å². The summed E-state index contributed by atoms with van der Waals surface area (Å²) in [6.45, 7) is 3.67. The Kier molecular flexibility index (Phi) is 4.56. The first-order chi connectivity index (χ1) is 9.11. The molecule has 19 heavy (non-hydrogen) atoms. The predicted molar refractivity (Wildman–Crippen MR) is 84.0 cm³/mol. The summed E-state index contributed by atoms with van der Waals surface area (Å²) in [6, 6.07) is 13.5. The molecule has 0 heterocycles. The summed E-state index contributed by atoms with van der Waals surface area (Å²) in [6.07, 6.45) is 0. The van der Waals surface area contributed by atoms with Crippen LogP contribution in [0.1, 0.15) is 12.5 Å². The van der Waals surface area contributed by atoms with Crippen molar-refractivity contribution >= 4 is 34.6 Å². The molecule has 2 N–H and O–H groups in total. The van der Waals surface area contributed by atoms with Crippen molar-refractivity contribution in [2.45, 2.75) is 13.5 Å². The van der Waals surface area contributed by atoms with Crippen molar-refractivity contribution in [1.29, 1.82) is 0 Å². The SMILES string of the molecule is CCN(Cc1cccc(Cl)c1Cl)c1cccc(N)c1. The van der Waals surface area contributed by atoms with Crippen molar-refractivity contribution in [3.8, 4) is 0 Å². The van der Waals surface area contributed by atoms with Crippen LogP contribution in [0.2, 0.25) is 10.0 Å². The molecule has 4 heteroatoms. The number of rotatable bonds is 4. The third kappa shape index (κ3) is 3.34. The van der Waals surface area contributed by atoms with Crippen LogP contribution in [-0.4, -0.2) is 6.54 Å². The van der Waals surface area contributed by atoms with Crippen LogP contribution < -0.4 is 10.6 Å². The number of benzene rings is 2. The molecule has 0 aromatic heterocycles. The molecule has 0 amide bonds. The molecular weight excluding hydrogens is 279 g/mol. The van der Waals surface area contributed by atoms with Crippen molar-refractivity contribution in [3.05, 3.63) is 58.1 Å². The van der Waals surface area contributed by atoms with Gasteiger partial charge in [0, 0.05) is 24.5 Å². The van der Waals surface area contributed by atoms with Crippen molar-refractivity contribution in [3.63, 3.8) is 0 Å². The lowest BCUT2D eigenvalue weighted by atomic mass is 10.2. The van der Waals surface area contributed by atoms with Gasteiger partial charge in [-0.25, -0.2) is 0 Å². The Hall–Kier alpha value is -1.38. The van der Waals surface area contributed by atoms with Gasteiger partial charge < -0.3 is 10.6 Å². The van der Waals surface area contributed by atoms with Gasteiger partial charge >= 0.3 is 0 Å². The van der Waals surface area contributed by atoms with Gasteiger partial charge in [0.05, 0.1) is 10.0 Å². The third-order valence-electron chi connectivity index (χ3n) is 3.01. The van der Waals surface area contributed by atoms with Gasteiger partial charge in [0.25, 0.3) is 0 Å². The predicted octanol–water partition coefficient (Wildman–Crippen LogP) is 4.60. The molecule has 2 aromatic carbocycles. The zero-order valence-electron chi connectivity index (χ0n) is 10.7. The smallest absolute Gasteiger partial charge is 0.0642 e. The maximum atomic E-state index is 6.23. The summed E-state index contributed by atoms with van der Waals surface area (Å²) >= 11 is 12.3. The fourth-order valence-corrected chi connectivity index (χ4v) is 2.36. The topological polar surface area (TPSA) is 29.3 Å². The molecule has 2 rings (SSSR count). The Morgan fingerprint density at radius 2 is 1.84 bits per heavy atom. The molecule has 0 spiro atoms. The lowest BCUT2D eigenvalue weighted by Gasteiger charge is -2.24. The minimum atomic E-state index is 0.586. The van der Waals surface area contributed by atoms with E-state index in [1.54, 1.807) is 6.07 Å². The Morgan fingerprint density at radius 1 is 1.11 bits per heavy atom. The van der Waals surface area contributed by atoms with E-state index in [-0.39, 0.29) is 0 Å². The van der Waals surface area contributed by atoms with E-state index in [1.807, 2.05) is 36.4 Å². The van der Waals surface area contributed by atoms with E-state index < -0.39 is 0 Å². The average molecular weight is 295 g/mol. The van der Waals surface area contributed by atoms with Crippen LogP contribution in [-0.2, 0) is 6.54 Å². The lowest BCUT2D eigenvalue weighted by molar-refractivity contribution is 0.832. The minimum absolute atomic E-state index is 0.586. The van der Waals surface area contributed by atoms with E-state index in [0.717, 1.165) is 23.5 Å². The number of nitrogens with zero attached hydrogens (tertiary/aromatic N) is 1. The fourth-order valence-electron chi connectivity index (χ4n) is 1.98. The number of nitrogen functional groups attached to an aromatic ring is 1. The molecule has 0 unspecified atom stereocenters. The number of hydrogen-bond acceptors (Lipinski definition) is 2. The van der Waals surface area contributed by atoms with Crippen LogP contribution >= 0.6 is 23.2 Å². The Labute approximate surface area is 123 Å². The molecule has 2 aromatic rings. The van der Waals surface area contributed by atoms with Crippen LogP contribution in [0.25, 0.3) is 0 Å². The molecule has 0 aliphatic rings. The van der Waals surface area contributed by atoms with Crippen LogP contribution in [0.3, 0.4) is 0 Å². The molecule has 0 atom stereocenters.